The van der Waals surface area contributed by atoms with Crippen LogP contribution in [0.4, 0.5) is 0 Å². The summed E-state index contributed by atoms with van der Waals surface area (Å²) in [4.78, 5) is 11.2. The molecule has 18 heavy (non-hydrogen) atoms. The van der Waals surface area contributed by atoms with Gasteiger partial charge in [-0.1, -0.05) is 24.3 Å². The maximum absolute atomic E-state index is 11.2. The number of amides is 1. The first-order chi connectivity index (χ1) is 8.65. The van der Waals surface area contributed by atoms with Crippen LogP contribution in [0.5, 0.6) is 5.75 Å². The number of phenolic OH excluding ortho intramolecular Hbond substituents is 1. The Labute approximate surface area is 103 Å². The number of nitrogens with two attached hydrogens (primary N) is 1. The van der Waals surface area contributed by atoms with E-state index in [1.165, 1.54) is 6.07 Å². The largest absolute Gasteiger partial charge is 0.507 e. The maximum Gasteiger partial charge on any atom is 0.248 e. The van der Waals surface area contributed by atoms with Crippen molar-refractivity contribution in [3.63, 3.8) is 0 Å². The fourth-order valence-electron chi connectivity index (χ4n) is 2.18. The molecule has 0 saturated carbocycles. The molecule has 3 nitrogen and oxygen atoms in total. The van der Waals surface area contributed by atoms with Gasteiger partial charge in [0.1, 0.15) is 5.75 Å². The van der Waals surface area contributed by atoms with Gasteiger partial charge in [-0.25, -0.2) is 0 Å². The number of phenols is 1. The Bertz CT molecular complexity index is 778. The molecule has 0 saturated heterocycles. The van der Waals surface area contributed by atoms with Crippen LogP contribution in [0.25, 0.3) is 21.5 Å². The van der Waals surface area contributed by atoms with E-state index >= 15 is 0 Å². The molecule has 0 atom stereocenters. The van der Waals surface area contributed by atoms with E-state index in [9.17, 15) is 9.90 Å². The molecule has 1 amide bonds. The van der Waals surface area contributed by atoms with Crippen molar-refractivity contribution in [3.8, 4) is 5.75 Å². The number of aromatic hydroxyl groups is 1. The Morgan fingerprint density at radius 3 is 2.28 bits per heavy atom. The molecule has 0 fully saturated rings. The van der Waals surface area contributed by atoms with Crippen LogP contribution in [0.15, 0.2) is 48.5 Å². The second-order valence-electron chi connectivity index (χ2n) is 4.28. The lowest BCUT2D eigenvalue weighted by Gasteiger charge is -2.06. The molecule has 3 aromatic carbocycles. The lowest BCUT2D eigenvalue weighted by molar-refractivity contribution is 0.1000. The van der Waals surface area contributed by atoms with Crippen molar-refractivity contribution in [2.24, 2.45) is 5.73 Å². The standard InChI is InChI=1S/C15H11NO2/c16-15(18)12-6-11-5-9-3-1-2-4-10(9)7-13(11)14(17)8-12/h1-8,17H,(H2,16,18). The van der Waals surface area contributed by atoms with E-state index in [1.54, 1.807) is 6.07 Å². The van der Waals surface area contributed by atoms with Crippen LogP contribution in [0, 0.1) is 0 Å². The molecule has 88 valence electrons. The van der Waals surface area contributed by atoms with Crippen molar-refractivity contribution >= 4 is 27.5 Å². The predicted octanol–water partition coefficient (Wildman–Crippen LogP) is 2.80. The van der Waals surface area contributed by atoms with Crippen LogP contribution in [-0.4, -0.2) is 11.0 Å². The normalized spacial score (nSPS) is 10.9. The van der Waals surface area contributed by atoms with Gasteiger partial charge in [0, 0.05) is 10.9 Å². The average molecular weight is 237 g/mol. The first-order valence-corrected chi connectivity index (χ1v) is 5.60. The summed E-state index contributed by atoms with van der Waals surface area (Å²) in [6, 6.07) is 14.8. The predicted molar refractivity (Wildman–Crippen MR) is 71.6 cm³/mol. The van der Waals surface area contributed by atoms with Crippen molar-refractivity contribution < 1.29 is 9.90 Å². The highest BCUT2D eigenvalue weighted by Gasteiger charge is 2.08. The molecule has 0 aliphatic rings. The minimum atomic E-state index is -0.541. The van der Waals surface area contributed by atoms with Crippen molar-refractivity contribution in [1.82, 2.24) is 0 Å². The Balaban J connectivity index is 2.42. The maximum atomic E-state index is 11.2. The summed E-state index contributed by atoms with van der Waals surface area (Å²) in [5.41, 5.74) is 5.55. The number of carbonyl (C=O) groups excluding carboxylic acids is 1. The SMILES string of the molecule is NC(=O)c1cc(O)c2cc3ccccc3cc2c1. The summed E-state index contributed by atoms with van der Waals surface area (Å²) in [6.45, 7) is 0. The van der Waals surface area contributed by atoms with Crippen LogP contribution < -0.4 is 5.73 Å². The molecule has 0 unspecified atom stereocenters. The molecule has 0 aliphatic carbocycles. The summed E-state index contributed by atoms with van der Waals surface area (Å²) < 4.78 is 0. The third-order valence-electron chi connectivity index (χ3n) is 3.08. The molecule has 0 aromatic heterocycles. The van der Waals surface area contributed by atoms with E-state index < -0.39 is 5.91 Å². The molecule has 0 aliphatic heterocycles. The van der Waals surface area contributed by atoms with Crippen molar-refractivity contribution in [2.45, 2.75) is 0 Å². The monoisotopic (exact) mass is 237 g/mol. The number of hydrogen-bond acceptors (Lipinski definition) is 2. The lowest BCUT2D eigenvalue weighted by atomic mass is 10.0. The number of carbonyl (C=O) groups is 1. The van der Waals surface area contributed by atoms with Gasteiger partial charge >= 0.3 is 0 Å². The Morgan fingerprint density at radius 2 is 1.61 bits per heavy atom. The highest BCUT2D eigenvalue weighted by Crippen LogP contribution is 2.30. The zero-order valence-electron chi connectivity index (χ0n) is 9.55. The minimum absolute atomic E-state index is 0.0760. The van der Waals surface area contributed by atoms with Crippen molar-refractivity contribution in [2.75, 3.05) is 0 Å². The smallest absolute Gasteiger partial charge is 0.248 e. The average Bonchev–Trinajstić information content (AvgIpc) is 2.36. The van der Waals surface area contributed by atoms with Crippen molar-refractivity contribution in [3.05, 3.63) is 54.1 Å². The van der Waals surface area contributed by atoms with Crippen LogP contribution in [0.3, 0.4) is 0 Å². The second-order valence-corrected chi connectivity index (χ2v) is 4.28. The molecule has 0 bridgehead atoms. The van der Waals surface area contributed by atoms with Crippen LogP contribution in [-0.2, 0) is 0 Å². The van der Waals surface area contributed by atoms with Gasteiger partial charge in [0.2, 0.25) is 5.91 Å². The van der Waals surface area contributed by atoms with Gasteiger partial charge in [0.05, 0.1) is 0 Å². The first kappa shape index (κ1) is 10.6. The highest BCUT2D eigenvalue weighted by atomic mass is 16.3. The highest BCUT2D eigenvalue weighted by molar-refractivity contribution is 6.05. The van der Waals surface area contributed by atoms with Crippen LogP contribution in [0.1, 0.15) is 10.4 Å². The molecule has 0 spiro atoms. The molecule has 0 heterocycles. The Kier molecular flexibility index (Phi) is 2.20. The minimum Gasteiger partial charge on any atom is -0.507 e. The van der Waals surface area contributed by atoms with E-state index in [0.717, 1.165) is 21.5 Å². The fourth-order valence-corrected chi connectivity index (χ4v) is 2.18. The number of rotatable bonds is 1. The van der Waals surface area contributed by atoms with Gasteiger partial charge in [-0.15, -0.1) is 0 Å². The van der Waals surface area contributed by atoms with Gasteiger partial charge in [0.15, 0.2) is 0 Å². The summed E-state index contributed by atoms with van der Waals surface area (Å²) in [5.74, 6) is -0.465. The van der Waals surface area contributed by atoms with Gasteiger partial charge in [-0.05, 0) is 40.4 Å². The van der Waals surface area contributed by atoms with Crippen molar-refractivity contribution in [1.29, 1.82) is 0 Å². The second kappa shape index (κ2) is 3.74. The number of hydrogen-bond donors (Lipinski definition) is 2. The third kappa shape index (κ3) is 1.57. The Hall–Kier alpha value is -2.55. The number of fused-ring (bicyclic) bond motifs is 2. The van der Waals surface area contributed by atoms with E-state index in [2.05, 4.69) is 0 Å². The number of benzene rings is 3. The Morgan fingerprint density at radius 1 is 0.944 bits per heavy atom. The third-order valence-corrected chi connectivity index (χ3v) is 3.08. The molecular formula is C15H11NO2. The zero-order chi connectivity index (χ0) is 12.7. The van der Waals surface area contributed by atoms with E-state index in [0.29, 0.717) is 5.56 Å². The van der Waals surface area contributed by atoms with Gasteiger partial charge in [-0.2, -0.15) is 0 Å². The van der Waals surface area contributed by atoms with Gasteiger partial charge in [0.25, 0.3) is 0 Å². The quantitative estimate of drug-likeness (QED) is 0.639. The van der Waals surface area contributed by atoms with Gasteiger partial charge in [-0.3, -0.25) is 4.79 Å². The summed E-state index contributed by atoms with van der Waals surface area (Å²) in [6.07, 6.45) is 0. The molecule has 3 aromatic rings. The van der Waals surface area contributed by atoms with Crippen LogP contribution >= 0.6 is 0 Å². The zero-order valence-corrected chi connectivity index (χ0v) is 9.55. The van der Waals surface area contributed by atoms with E-state index in [-0.39, 0.29) is 5.75 Å². The lowest BCUT2D eigenvalue weighted by Crippen LogP contribution is -2.10. The first-order valence-electron chi connectivity index (χ1n) is 5.60. The fraction of sp³-hybridized carbons (Fsp3) is 0. The van der Waals surface area contributed by atoms with E-state index in [4.69, 9.17) is 5.73 Å². The topological polar surface area (TPSA) is 63.3 Å². The van der Waals surface area contributed by atoms with E-state index in [1.807, 2.05) is 36.4 Å². The molecule has 3 N–H and O–H groups in total. The number of primary amides is 1. The molecule has 3 heteroatoms. The molecular weight excluding hydrogens is 226 g/mol. The van der Waals surface area contributed by atoms with Crippen LogP contribution in [0.2, 0.25) is 0 Å². The molecule has 0 radical (unpaired) electrons. The summed E-state index contributed by atoms with van der Waals surface area (Å²) in [7, 11) is 0. The summed E-state index contributed by atoms with van der Waals surface area (Å²) >= 11 is 0. The summed E-state index contributed by atoms with van der Waals surface area (Å²) in [5, 5.41) is 13.6. The van der Waals surface area contributed by atoms with Gasteiger partial charge < -0.3 is 10.8 Å². The molecule has 3 rings (SSSR count).